The Morgan fingerprint density at radius 1 is 1.47 bits per heavy atom. The Hall–Kier alpha value is -1.36. The number of hydrogen-bond acceptors (Lipinski definition) is 4. The minimum Gasteiger partial charge on any atom is -0.363 e. The zero-order valence-corrected chi connectivity index (χ0v) is 10.8. The highest BCUT2D eigenvalue weighted by molar-refractivity contribution is 5.31. The molecule has 5 nitrogen and oxygen atoms in total. The van der Waals surface area contributed by atoms with Gasteiger partial charge in [-0.05, 0) is 25.8 Å². The Labute approximate surface area is 102 Å². The molecular formula is C12H22N4O. The van der Waals surface area contributed by atoms with Crippen LogP contribution in [0.4, 0.5) is 5.82 Å². The van der Waals surface area contributed by atoms with Crippen molar-refractivity contribution in [1.82, 2.24) is 9.55 Å². The predicted molar refractivity (Wildman–Crippen MR) is 70.1 cm³/mol. The molecule has 5 heteroatoms. The summed E-state index contributed by atoms with van der Waals surface area (Å²) in [5.74, 6) is 0.846. The maximum Gasteiger partial charge on any atom is 0.293 e. The van der Waals surface area contributed by atoms with Crippen LogP contribution in [0.1, 0.15) is 27.2 Å². The Bertz CT molecular complexity index is 400. The Morgan fingerprint density at radius 2 is 2.18 bits per heavy atom. The summed E-state index contributed by atoms with van der Waals surface area (Å²) >= 11 is 0. The molecule has 96 valence electrons. The van der Waals surface area contributed by atoms with Crippen molar-refractivity contribution >= 4 is 5.82 Å². The molecule has 0 spiro atoms. The number of nitrogens with one attached hydrogen (secondary N) is 1. The molecule has 0 aromatic carbocycles. The molecule has 0 amide bonds. The molecule has 3 N–H and O–H groups in total. The molecule has 0 saturated heterocycles. The van der Waals surface area contributed by atoms with Crippen molar-refractivity contribution in [2.24, 2.45) is 11.7 Å². The van der Waals surface area contributed by atoms with Crippen molar-refractivity contribution in [3.05, 3.63) is 22.7 Å². The van der Waals surface area contributed by atoms with Gasteiger partial charge in [0.15, 0.2) is 5.82 Å². The average Bonchev–Trinajstić information content (AvgIpc) is 2.23. The molecule has 1 aromatic heterocycles. The lowest BCUT2D eigenvalue weighted by Crippen LogP contribution is -2.29. The number of anilines is 1. The molecule has 1 unspecified atom stereocenters. The van der Waals surface area contributed by atoms with Crippen LogP contribution in [-0.2, 0) is 6.54 Å². The first-order valence-electron chi connectivity index (χ1n) is 6.06. The van der Waals surface area contributed by atoms with Crippen LogP contribution >= 0.6 is 0 Å². The highest BCUT2D eigenvalue weighted by atomic mass is 16.1. The molecule has 0 saturated carbocycles. The largest absolute Gasteiger partial charge is 0.363 e. The number of nitrogens with zero attached hydrogens (tertiary/aromatic N) is 2. The number of hydrogen-bond donors (Lipinski definition) is 2. The first-order valence-corrected chi connectivity index (χ1v) is 6.06. The minimum absolute atomic E-state index is 0.0647. The van der Waals surface area contributed by atoms with Gasteiger partial charge in [-0.1, -0.05) is 13.8 Å². The average molecular weight is 238 g/mol. The van der Waals surface area contributed by atoms with Crippen molar-refractivity contribution in [3.8, 4) is 0 Å². The second-order valence-corrected chi connectivity index (χ2v) is 4.75. The second kappa shape index (κ2) is 6.39. The van der Waals surface area contributed by atoms with E-state index in [4.69, 9.17) is 5.73 Å². The van der Waals surface area contributed by atoms with E-state index < -0.39 is 0 Å². The van der Waals surface area contributed by atoms with Crippen LogP contribution in [0.5, 0.6) is 0 Å². The lowest BCUT2D eigenvalue weighted by molar-refractivity contribution is 0.509. The lowest BCUT2D eigenvalue weighted by atomic mass is 10.2. The minimum atomic E-state index is -0.0647. The van der Waals surface area contributed by atoms with E-state index >= 15 is 0 Å². The standard InChI is InChI=1S/C12H22N4O/c1-9(2)8-16-7-6-14-11(12(16)17)15-10(3)4-5-13/h6-7,9-10H,4-5,8,13H2,1-3H3,(H,14,15). The smallest absolute Gasteiger partial charge is 0.293 e. The van der Waals surface area contributed by atoms with Crippen molar-refractivity contribution in [2.45, 2.75) is 39.8 Å². The van der Waals surface area contributed by atoms with E-state index in [2.05, 4.69) is 24.1 Å². The van der Waals surface area contributed by atoms with Crippen molar-refractivity contribution in [3.63, 3.8) is 0 Å². The quantitative estimate of drug-likeness (QED) is 0.777. The van der Waals surface area contributed by atoms with Gasteiger partial charge in [-0.25, -0.2) is 4.98 Å². The molecule has 17 heavy (non-hydrogen) atoms. The fraction of sp³-hybridized carbons (Fsp3) is 0.667. The summed E-state index contributed by atoms with van der Waals surface area (Å²) in [7, 11) is 0. The lowest BCUT2D eigenvalue weighted by Gasteiger charge is -2.14. The summed E-state index contributed by atoms with van der Waals surface area (Å²) in [6.07, 6.45) is 4.20. The summed E-state index contributed by atoms with van der Waals surface area (Å²) in [5, 5.41) is 3.10. The second-order valence-electron chi connectivity index (χ2n) is 4.75. The Balaban J connectivity index is 2.83. The molecular weight excluding hydrogens is 216 g/mol. The van der Waals surface area contributed by atoms with Crippen molar-refractivity contribution in [2.75, 3.05) is 11.9 Å². The van der Waals surface area contributed by atoms with Gasteiger partial charge in [0, 0.05) is 25.0 Å². The molecule has 1 aromatic rings. The third-order valence-corrected chi connectivity index (χ3v) is 2.46. The maximum absolute atomic E-state index is 12.1. The predicted octanol–water partition coefficient (Wildman–Crippen LogP) is 1.05. The van der Waals surface area contributed by atoms with Gasteiger partial charge in [0.25, 0.3) is 5.56 Å². The van der Waals surface area contributed by atoms with Gasteiger partial charge in [0.2, 0.25) is 0 Å². The van der Waals surface area contributed by atoms with Gasteiger partial charge in [-0.3, -0.25) is 4.79 Å². The molecule has 0 radical (unpaired) electrons. The summed E-state index contributed by atoms with van der Waals surface area (Å²) in [6, 6.07) is 0.162. The van der Waals surface area contributed by atoms with E-state index in [0.717, 1.165) is 6.42 Å². The van der Waals surface area contributed by atoms with Crippen LogP contribution in [0.15, 0.2) is 17.2 Å². The van der Waals surface area contributed by atoms with Crippen LogP contribution in [0.3, 0.4) is 0 Å². The van der Waals surface area contributed by atoms with Gasteiger partial charge in [0.1, 0.15) is 0 Å². The van der Waals surface area contributed by atoms with Gasteiger partial charge < -0.3 is 15.6 Å². The summed E-state index contributed by atoms with van der Waals surface area (Å²) in [6.45, 7) is 7.46. The molecule has 1 heterocycles. The molecule has 1 atom stereocenters. The number of nitrogens with two attached hydrogens (primary N) is 1. The third-order valence-electron chi connectivity index (χ3n) is 2.46. The fourth-order valence-electron chi connectivity index (χ4n) is 1.64. The van der Waals surface area contributed by atoms with Gasteiger partial charge in [-0.2, -0.15) is 0 Å². The normalized spacial score (nSPS) is 12.8. The zero-order chi connectivity index (χ0) is 12.8. The number of rotatable bonds is 6. The van der Waals surface area contributed by atoms with E-state index in [1.54, 1.807) is 17.0 Å². The Kier molecular flexibility index (Phi) is 5.15. The van der Waals surface area contributed by atoms with Crippen LogP contribution in [-0.4, -0.2) is 22.1 Å². The van der Waals surface area contributed by atoms with Gasteiger partial charge in [0.05, 0.1) is 0 Å². The van der Waals surface area contributed by atoms with Crippen molar-refractivity contribution < 1.29 is 0 Å². The zero-order valence-electron chi connectivity index (χ0n) is 10.8. The van der Waals surface area contributed by atoms with E-state index in [0.29, 0.717) is 24.8 Å². The highest BCUT2D eigenvalue weighted by Crippen LogP contribution is 2.01. The monoisotopic (exact) mass is 238 g/mol. The van der Waals surface area contributed by atoms with Crippen LogP contribution < -0.4 is 16.6 Å². The topological polar surface area (TPSA) is 72.9 Å². The first kappa shape index (κ1) is 13.7. The van der Waals surface area contributed by atoms with Crippen LogP contribution in [0.25, 0.3) is 0 Å². The summed E-state index contributed by atoms with van der Waals surface area (Å²) < 4.78 is 1.69. The maximum atomic E-state index is 12.1. The molecule has 1 rings (SSSR count). The SMILES string of the molecule is CC(C)Cn1ccnc(NC(C)CCN)c1=O. The van der Waals surface area contributed by atoms with Gasteiger partial charge in [-0.15, -0.1) is 0 Å². The van der Waals surface area contributed by atoms with E-state index in [1.807, 2.05) is 6.92 Å². The third kappa shape index (κ3) is 4.19. The highest BCUT2D eigenvalue weighted by Gasteiger charge is 2.08. The van der Waals surface area contributed by atoms with E-state index in [1.165, 1.54) is 0 Å². The molecule has 0 aliphatic rings. The van der Waals surface area contributed by atoms with Gasteiger partial charge >= 0.3 is 0 Å². The summed E-state index contributed by atoms with van der Waals surface area (Å²) in [5.41, 5.74) is 5.41. The molecule has 0 aliphatic heterocycles. The number of aromatic nitrogens is 2. The molecule has 0 aliphatic carbocycles. The van der Waals surface area contributed by atoms with Crippen LogP contribution in [0.2, 0.25) is 0 Å². The van der Waals surface area contributed by atoms with Crippen molar-refractivity contribution in [1.29, 1.82) is 0 Å². The van der Waals surface area contributed by atoms with Crippen LogP contribution in [0, 0.1) is 5.92 Å². The Morgan fingerprint density at radius 3 is 2.76 bits per heavy atom. The fourth-order valence-corrected chi connectivity index (χ4v) is 1.64. The van der Waals surface area contributed by atoms with E-state index in [-0.39, 0.29) is 11.6 Å². The molecule has 0 fully saturated rings. The van der Waals surface area contributed by atoms with E-state index in [9.17, 15) is 4.79 Å². The molecule has 0 bridgehead atoms. The first-order chi connectivity index (χ1) is 8.04. The summed E-state index contributed by atoms with van der Waals surface area (Å²) in [4.78, 5) is 16.1.